The molecule has 9 nitrogen and oxygen atoms in total. The standard InChI is InChI=1S/C34H39FN4O5/c1-21-16-17-26(35)18-25(21)20-36-31(41)28-19-24-14-10-11-15-27(24)39(28)32(42)29(23-12-8-7-9-13-23)37-30(40)22(2)38(6)33(43)44-34(3,4)5/h7-18,22,28-29H,19-20H2,1-6H3,(H,36,41)(H,37,40)/t22?,28-,29?/m0/s1. The van der Waals surface area contributed by atoms with Crippen molar-refractivity contribution in [3.8, 4) is 0 Å². The summed E-state index contributed by atoms with van der Waals surface area (Å²) in [5.74, 6) is -1.90. The number of carbonyl (C=O) groups is 4. The first-order valence-corrected chi connectivity index (χ1v) is 14.5. The van der Waals surface area contributed by atoms with E-state index in [4.69, 9.17) is 4.74 Å². The fourth-order valence-corrected chi connectivity index (χ4v) is 5.00. The molecule has 1 heterocycles. The number of nitrogens with one attached hydrogen (secondary N) is 2. The number of para-hydroxylation sites is 1. The summed E-state index contributed by atoms with van der Waals surface area (Å²) >= 11 is 0. The summed E-state index contributed by atoms with van der Waals surface area (Å²) < 4.78 is 19.3. The number of carbonyl (C=O) groups excluding carboxylic acids is 4. The Morgan fingerprint density at radius 3 is 2.36 bits per heavy atom. The molecule has 3 aromatic carbocycles. The molecule has 44 heavy (non-hydrogen) atoms. The van der Waals surface area contributed by atoms with Crippen molar-refractivity contribution in [2.75, 3.05) is 11.9 Å². The monoisotopic (exact) mass is 602 g/mol. The number of aryl methyl sites for hydroxylation is 1. The van der Waals surface area contributed by atoms with Crippen LogP contribution in [0.25, 0.3) is 0 Å². The SMILES string of the molecule is Cc1ccc(F)cc1CNC(=O)[C@@H]1Cc2ccccc2N1C(=O)C(NC(=O)C(C)N(C)C(=O)OC(C)(C)C)c1ccccc1. The number of likely N-dealkylation sites (N-methyl/N-ethyl adjacent to an activating group) is 1. The van der Waals surface area contributed by atoms with Gasteiger partial charge in [0.15, 0.2) is 0 Å². The molecule has 0 aromatic heterocycles. The summed E-state index contributed by atoms with van der Waals surface area (Å²) in [6.45, 7) is 8.65. The van der Waals surface area contributed by atoms with Gasteiger partial charge in [-0.25, -0.2) is 9.18 Å². The van der Waals surface area contributed by atoms with Crippen molar-refractivity contribution in [2.24, 2.45) is 0 Å². The Morgan fingerprint density at radius 2 is 1.68 bits per heavy atom. The maximum Gasteiger partial charge on any atom is 0.410 e. The van der Waals surface area contributed by atoms with E-state index in [1.54, 1.807) is 76.2 Å². The van der Waals surface area contributed by atoms with Gasteiger partial charge in [-0.1, -0.05) is 54.6 Å². The van der Waals surface area contributed by atoms with E-state index in [9.17, 15) is 23.6 Å². The van der Waals surface area contributed by atoms with Gasteiger partial charge >= 0.3 is 6.09 Å². The first kappa shape index (κ1) is 32.2. The van der Waals surface area contributed by atoms with Gasteiger partial charge in [0.25, 0.3) is 5.91 Å². The summed E-state index contributed by atoms with van der Waals surface area (Å²) in [4.78, 5) is 56.8. The van der Waals surface area contributed by atoms with E-state index >= 15 is 0 Å². The Kier molecular flexibility index (Phi) is 9.71. The number of rotatable bonds is 8. The third kappa shape index (κ3) is 7.42. The average Bonchev–Trinajstić information content (AvgIpc) is 3.38. The highest BCUT2D eigenvalue weighted by molar-refractivity contribution is 6.07. The zero-order valence-electron chi connectivity index (χ0n) is 25.9. The molecule has 2 N–H and O–H groups in total. The lowest BCUT2D eigenvalue weighted by Gasteiger charge is -2.32. The molecule has 0 fully saturated rings. The largest absolute Gasteiger partial charge is 0.444 e. The van der Waals surface area contributed by atoms with Gasteiger partial charge < -0.3 is 15.4 Å². The molecule has 4 amide bonds. The minimum Gasteiger partial charge on any atom is -0.444 e. The van der Waals surface area contributed by atoms with Crippen molar-refractivity contribution in [1.82, 2.24) is 15.5 Å². The minimum absolute atomic E-state index is 0.0880. The van der Waals surface area contributed by atoms with Gasteiger partial charge in [-0.05, 0) is 75.1 Å². The number of benzene rings is 3. The fourth-order valence-electron chi connectivity index (χ4n) is 5.00. The lowest BCUT2D eigenvalue weighted by Crippen LogP contribution is -2.54. The van der Waals surface area contributed by atoms with Gasteiger partial charge in [-0.15, -0.1) is 0 Å². The number of fused-ring (bicyclic) bond motifs is 1. The lowest BCUT2D eigenvalue weighted by molar-refractivity contribution is -0.131. The van der Waals surface area contributed by atoms with Crippen LogP contribution in [-0.2, 0) is 32.1 Å². The van der Waals surface area contributed by atoms with Gasteiger partial charge in [0, 0.05) is 25.7 Å². The first-order valence-electron chi connectivity index (χ1n) is 14.5. The quantitative estimate of drug-likeness (QED) is 0.385. The van der Waals surface area contributed by atoms with Crippen LogP contribution in [0.4, 0.5) is 14.9 Å². The molecule has 0 spiro atoms. The van der Waals surface area contributed by atoms with Crippen molar-refractivity contribution in [3.05, 3.63) is 101 Å². The Bertz CT molecular complexity index is 1540. The van der Waals surface area contributed by atoms with E-state index in [0.29, 0.717) is 16.8 Å². The van der Waals surface area contributed by atoms with Gasteiger partial charge in [0.1, 0.15) is 29.5 Å². The van der Waals surface area contributed by atoms with Crippen molar-refractivity contribution < 1.29 is 28.3 Å². The molecule has 4 rings (SSSR count). The number of halogens is 1. The molecule has 232 valence electrons. The second-order valence-electron chi connectivity index (χ2n) is 12.0. The maximum absolute atomic E-state index is 14.4. The van der Waals surface area contributed by atoms with Crippen LogP contribution in [0.1, 0.15) is 56.0 Å². The number of hydrogen-bond donors (Lipinski definition) is 2. The number of hydrogen-bond acceptors (Lipinski definition) is 5. The smallest absolute Gasteiger partial charge is 0.410 e. The fraction of sp³-hybridized carbons (Fsp3) is 0.353. The Balaban J connectivity index is 1.61. The molecule has 10 heteroatoms. The van der Waals surface area contributed by atoms with Crippen LogP contribution in [0.15, 0.2) is 72.8 Å². The highest BCUT2D eigenvalue weighted by Gasteiger charge is 2.42. The Labute approximate surface area is 257 Å². The summed E-state index contributed by atoms with van der Waals surface area (Å²) in [7, 11) is 1.45. The molecule has 3 aromatic rings. The van der Waals surface area contributed by atoms with Gasteiger partial charge in [-0.3, -0.25) is 24.2 Å². The summed E-state index contributed by atoms with van der Waals surface area (Å²) in [6, 6.07) is 17.3. The molecule has 0 saturated heterocycles. The second-order valence-corrected chi connectivity index (χ2v) is 12.0. The maximum atomic E-state index is 14.4. The van der Waals surface area contributed by atoms with Crippen LogP contribution in [-0.4, -0.2) is 53.4 Å². The highest BCUT2D eigenvalue weighted by atomic mass is 19.1. The van der Waals surface area contributed by atoms with Crippen molar-refractivity contribution in [2.45, 2.75) is 71.3 Å². The molecule has 2 unspecified atom stereocenters. The molecule has 0 radical (unpaired) electrons. The van der Waals surface area contributed by atoms with Gasteiger partial charge in [0.2, 0.25) is 11.8 Å². The zero-order valence-corrected chi connectivity index (χ0v) is 25.9. The molecular formula is C34H39FN4O5. The van der Waals surface area contributed by atoms with Crippen molar-refractivity contribution >= 4 is 29.5 Å². The van der Waals surface area contributed by atoms with E-state index < -0.39 is 53.4 Å². The topological polar surface area (TPSA) is 108 Å². The minimum atomic E-state index is -1.16. The van der Waals surface area contributed by atoms with E-state index in [-0.39, 0.29) is 13.0 Å². The zero-order chi connectivity index (χ0) is 32.2. The normalized spacial score (nSPS) is 15.5. The van der Waals surface area contributed by atoms with E-state index in [0.717, 1.165) is 11.1 Å². The van der Waals surface area contributed by atoms with Crippen LogP contribution < -0.4 is 15.5 Å². The number of nitrogens with zero attached hydrogens (tertiary/aromatic N) is 2. The molecule has 1 aliphatic rings. The number of ether oxygens (including phenoxy) is 1. The van der Waals surface area contributed by atoms with Gasteiger partial charge in [-0.2, -0.15) is 0 Å². The van der Waals surface area contributed by atoms with Crippen LogP contribution in [0, 0.1) is 12.7 Å². The Hall–Kier alpha value is -4.73. The second kappa shape index (κ2) is 13.3. The first-order chi connectivity index (χ1) is 20.8. The molecular weight excluding hydrogens is 563 g/mol. The predicted molar refractivity (Wildman–Crippen MR) is 165 cm³/mol. The van der Waals surface area contributed by atoms with Crippen LogP contribution in [0.3, 0.4) is 0 Å². The predicted octanol–water partition coefficient (Wildman–Crippen LogP) is 4.82. The third-order valence-electron chi connectivity index (χ3n) is 7.59. The molecule has 0 saturated carbocycles. The molecule has 1 aliphatic heterocycles. The van der Waals surface area contributed by atoms with Gasteiger partial charge in [0.05, 0.1) is 0 Å². The average molecular weight is 603 g/mol. The van der Waals surface area contributed by atoms with E-state index in [1.165, 1.54) is 29.0 Å². The summed E-state index contributed by atoms with van der Waals surface area (Å²) in [6.07, 6.45) is -0.412. The van der Waals surface area contributed by atoms with Crippen LogP contribution >= 0.6 is 0 Å². The molecule has 0 aliphatic carbocycles. The van der Waals surface area contributed by atoms with Crippen molar-refractivity contribution in [1.29, 1.82) is 0 Å². The molecule has 0 bridgehead atoms. The van der Waals surface area contributed by atoms with Crippen LogP contribution in [0.2, 0.25) is 0 Å². The third-order valence-corrected chi connectivity index (χ3v) is 7.59. The highest BCUT2D eigenvalue weighted by Crippen LogP contribution is 2.35. The summed E-state index contributed by atoms with van der Waals surface area (Å²) in [5, 5.41) is 5.68. The number of anilines is 1. The van der Waals surface area contributed by atoms with E-state index in [2.05, 4.69) is 10.6 Å². The van der Waals surface area contributed by atoms with E-state index in [1.807, 2.05) is 19.1 Å². The Morgan fingerprint density at radius 1 is 1.02 bits per heavy atom. The lowest BCUT2D eigenvalue weighted by atomic mass is 10.0. The van der Waals surface area contributed by atoms with Crippen LogP contribution in [0.5, 0.6) is 0 Å². The number of amides is 4. The summed E-state index contributed by atoms with van der Waals surface area (Å²) in [5.41, 5.74) is 2.58. The molecule has 3 atom stereocenters. The van der Waals surface area contributed by atoms with Crippen molar-refractivity contribution in [3.63, 3.8) is 0 Å².